The molecule has 0 N–H and O–H groups in total. The standard InChI is InChI=1S/C13H9Cl2NO/c1-8(17)13-12(15)6-10(7-16-13)9-2-4-11(14)5-3-9/h2-7H,1H3. The predicted molar refractivity (Wildman–Crippen MR) is 69.7 cm³/mol. The van der Waals surface area contributed by atoms with Gasteiger partial charge in [-0.15, -0.1) is 0 Å². The Bertz CT molecular complexity index is 564. The van der Waals surface area contributed by atoms with Gasteiger partial charge in [-0.25, -0.2) is 0 Å². The molecule has 2 rings (SSSR count). The Balaban J connectivity index is 2.44. The van der Waals surface area contributed by atoms with Crippen molar-refractivity contribution in [3.05, 3.63) is 52.3 Å². The molecule has 0 saturated carbocycles. The Hall–Kier alpha value is -1.38. The molecule has 0 spiro atoms. The normalized spacial score (nSPS) is 10.3. The average molecular weight is 266 g/mol. The lowest BCUT2D eigenvalue weighted by molar-refractivity contribution is 0.101. The molecular weight excluding hydrogens is 257 g/mol. The van der Waals surface area contributed by atoms with Crippen molar-refractivity contribution < 1.29 is 4.79 Å². The molecular formula is C13H9Cl2NO. The van der Waals surface area contributed by atoms with Crippen LogP contribution in [-0.2, 0) is 0 Å². The van der Waals surface area contributed by atoms with Crippen molar-refractivity contribution in [1.82, 2.24) is 4.98 Å². The highest BCUT2D eigenvalue weighted by atomic mass is 35.5. The van der Waals surface area contributed by atoms with Crippen LogP contribution in [0.3, 0.4) is 0 Å². The van der Waals surface area contributed by atoms with Crippen molar-refractivity contribution >= 4 is 29.0 Å². The number of hydrogen-bond acceptors (Lipinski definition) is 2. The van der Waals surface area contributed by atoms with E-state index in [9.17, 15) is 4.79 Å². The summed E-state index contributed by atoms with van der Waals surface area (Å²) in [6.45, 7) is 1.44. The van der Waals surface area contributed by atoms with Gasteiger partial charge < -0.3 is 0 Å². The summed E-state index contributed by atoms with van der Waals surface area (Å²) in [5.41, 5.74) is 2.11. The lowest BCUT2D eigenvalue weighted by atomic mass is 10.1. The lowest BCUT2D eigenvalue weighted by Crippen LogP contribution is -1.97. The van der Waals surface area contributed by atoms with E-state index in [1.807, 2.05) is 12.1 Å². The third-order valence-corrected chi connectivity index (χ3v) is 2.89. The van der Waals surface area contributed by atoms with Crippen molar-refractivity contribution in [1.29, 1.82) is 0 Å². The van der Waals surface area contributed by atoms with E-state index < -0.39 is 0 Å². The number of carbonyl (C=O) groups is 1. The van der Waals surface area contributed by atoms with Crippen LogP contribution in [0.15, 0.2) is 36.5 Å². The van der Waals surface area contributed by atoms with Crippen molar-refractivity contribution in [2.45, 2.75) is 6.92 Å². The first kappa shape index (κ1) is 12.1. The zero-order chi connectivity index (χ0) is 12.4. The van der Waals surface area contributed by atoms with E-state index in [1.54, 1.807) is 24.4 Å². The number of halogens is 2. The Morgan fingerprint density at radius 2 is 1.76 bits per heavy atom. The van der Waals surface area contributed by atoms with Gasteiger partial charge in [0.05, 0.1) is 5.02 Å². The minimum absolute atomic E-state index is 0.141. The van der Waals surface area contributed by atoms with Gasteiger partial charge in [-0.05, 0) is 23.8 Å². The quantitative estimate of drug-likeness (QED) is 0.760. The van der Waals surface area contributed by atoms with Gasteiger partial charge >= 0.3 is 0 Å². The molecule has 4 heteroatoms. The van der Waals surface area contributed by atoms with Gasteiger partial charge in [-0.2, -0.15) is 0 Å². The molecule has 1 aromatic carbocycles. The van der Waals surface area contributed by atoms with Gasteiger partial charge in [0.2, 0.25) is 0 Å². The minimum Gasteiger partial charge on any atom is -0.293 e. The van der Waals surface area contributed by atoms with Gasteiger partial charge in [0.25, 0.3) is 0 Å². The Morgan fingerprint density at radius 3 is 2.29 bits per heavy atom. The predicted octanol–water partition coefficient (Wildman–Crippen LogP) is 4.26. The average Bonchev–Trinajstić information content (AvgIpc) is 2.29. The fourth-order valence-corrected chi connectivity index (χ4v) is 1.92. The summed E-state index contributed by atoms with van der Waals surface area (Å²) in [6, 6.07) is 9.08. The Kier molecular flexibility index (Phi) is 3.46. The zero-order valence-corrected chi connectivity index (χ0v) is 10.6. The monoisotopic (exact) mass is 265 g/mol. The smallest absolute Gasteiger partial charge is 0.179 e. The summed E-state index contributed by atoms with van der Waals surface area (Å²) >= 11 is 11.8. The summed E-state index contributed by atoms with van der Waals surface area (Å²) in [4.78, 5) is 15.3. The van der Waals surface area contributed by atoms with E-state index in [1.165, 1.54) is 6.92 Å². The SMILES string of the molecule is CC(=O)c1ncc(-c2ccc(Cl)cc2)cc1Cl. The maximum absolute atomic E-state index is 11.2. The van der Waals surface area contributed by atoms with Crippen LogP contribution in [0, 0.1) is 0 Å². The number of carbonyl (C=O) groups excluding carboxylic acids is 1. The number of nitrogens with zero attached hydrogens (tertiary/aromatic N) is 1. The van der Waals surface area contributed by atoms with Crippen LogP contribution < -0.4 is 0 Å². The molecule has 0 fully saturated rings. The molecule has 0 bridgehead atoms. The third kappa shape index (κ3) is 2.65. The minimum atomic E-state index is -0.141. The van der Waals surface area contributed by atoms with Gasteiger partial charge in [-0.1, -0.05) is 35.3 Å². The lowest BCUT2D eigenvalue weighted by Gasteiger charge is -2.04. The first-order valence-electron chi connectivity index (χ1n) is 5.00. The second kappa shape index (κ2) is 4.86. The van der Waals surface area contributed by atoms with Gasteiger partial charge in [0.1, 0.15) is 5.69 Å². The Morgan fingerprint density at radius 1 is 1.12 bits per heavy atom. The molecule has 0 unspecified atom stereocenters. The largest absolute Gasteiger partial charge is 0.293 e. The number of hydrogen-bond donors (Lipinski definition) is 0. The molecule has 1 heterocycles. The first-order valence-corrected chi connectivity index (χ1v) is 5.76. The van der Waals surface area contributed by atoms with Crippen molar-refractivity contribution in [3.63, 3.8) is 0 Å². The van der Waals surface area contributed by atoms with E-state index in [0.29, 0.717) is 15.7 Å². The molecule has 86 valence electrons. The van der Waals surface area contributed by atoms with E-state index in [4.69, 9.17) is 23.2 Å². The van der Waals surface area contributed by atoms with Crippen LogP contribution in [-0.4, -0.2) is 10.8 Å². The molecule has 2 nitrogen and oxygen atoms in total. The molecule has 17 heavy (non-hydrogen) atoms. The molecule has 0 atom stereocenters. The maximum Gasteiger partial charge on any atom is 0.179 e. The highest BCUT2D eigenvalue weighted by molar-refractivity contribution is 6.33. The van der Waals surface area contributed by atoms with E-state index in [0.717, 1.165) is 11.1 Å². The topological polar surface area (TPSA) is 30.0 Å². The molecule has 2 aromatic rings. The number of ketones is 1. The Labute approximate surface area is 109 Å². The molecule has 1 aromatic heterocycles. The summed E-state index contributed by atoms with van der Waals surface area (Å²) in [5.74, 6) is -0.141. The van der Waals surface area contributed by atoms with Crippen LogP contribution in [0.1, 0.15) is 17.4 Å². The van der Waals surface area contributed by atoms with Crippen molar-refractivity contribution in [2.75, 3.05) is 0 Å². The summed E-state index contributed by atoms with van der Waals surface area (Å²) < 4.78 is 0. The number of pyridine rings is 1. The number of benzene rings is 1. The van der Waals surface area contributed by atoms with Gasteiger partial charge in [-0.3, -0.25) is 9.78 Å². The summed E-state index contributed by atoms with van der Waals surface area (Å²) in [5, 5.41) is 1.04. The maximum atomic E-state index is 11.2. The van der Waals surface area contributed by atoms with Gasteiger partial charge in [0.15, 0.2) is 5.78 Å². The number of Topliss-reactive ketones (excluding diaryl/α,β-unsaturated/α-hetero) is 1. The highest BCUT2D eigenvalue weighted by Gasteiger charge is 2.08. The molecule has 0 radical (unpaired) electrons. The number of aromatic nitrogens is 1. The molecule has 0 amide bonds. The van der Waals surface area contributed by atoms with Crippen LogP contribution in [0.2, 0.25) is 10.0 Å². The molecule has 0 saturated heterocycles. The van der Waals surface area contributed by atoms with Gasteiger partial charge in [0, 0.05) is 23.7 Å². The van der Waals surface area contributed by atoms with E-state index >= 15 is 0 Å². The molecule has 0 aliphatic rings. The van der Waals surface area contributed by atoms with Crippen LogP contribution in [0.4, 0.5) is 0 Å². The van der Waals surface area contributed by atoms with Crippen molar-refractivity contribution in [3.8, 4) is 11.1 Å². The van der Waals surface area contributed by atoms with E-state index in [2.05, 4.69) is 4.98 Å². The van der Waals surface area contributed by atoms with Crippen LogP contribution in [0.5, 0.6) is 0 Å². The third-order valence-electron chi connectivity index (χ3n) is 2.35. The fourth-order valence-electron chi connectivity index (χ4n) is 1.50. The van der Waals surface area contributed by atoms with Crippen LogP contribution >= 0.6 is 23.2 Å². The van der Waals surface area contributed by atoms with E-state index in [-0.39, 0.29) is 5.78 Å². The second-order valence-electron chi connectivity index (χ2n) is 3.62. The first-order chi connectivity index (χ1) is 8.08. The van der Waals surface area contributed by atoms with Crippen LogP contribution in [0.25, 0.3) is 11.1 Å². The highest BCUT2D eigenvalue weighted by Crippen LogP contribution is 2.25. The van der Waals surface area contributed by atoms with Crippen molar-refractivity contribution in [2.24, 2.45) is 0 Å². The molecule has 0 aliphatic carbocycles. The number of rotatable bonds is 2. The summed E-state index contributed by atoms with van der Waals surface area (Å²) in [6.07, 6.45) is 1.63. The summed E-state index contributed by atoms with van der Waals surface area (Å²) in [7, 11) is 0. The second-order valence-corrected chi connectivity index (χ2v) is 4.46. The zero-order valence-electron chi connectivity index (χ0n) is 9.08. The fraction of sp³-hybridized carbons (Fsp3) is 0.0769. The molecule has 0 aliphatic heterocycles.